The maximum absolute atomic E-state index is 5.35. The van der Waals surface area contributed by atoms with Gasteiger partial charge in [0.2, 0.25) is 11.9 Å². The van der Waals surface area contributed by atoms with Crippen LogP contribution in [0.4, 0.5) is 0 Å². The summed E-state index contributed by atoms with van der Waals surface area (Å²) in [6, 6.07) is 97.1. The van der Waals surface area contributed by atoms with Crippen molar-refractivity contribution in [1.82, 2.24) is 39.0 Å². The van der Waals surface area contributed by atoms with Crippen LogP contribution < -0.4 is 0 Å². The van der Waals surface area contributed by atoms with Crippen LogP contribution in [0.25, 0.3) is 146 Å². The van der Waals surface area contributed by atoms with Crippen LogP contribution in [0.3, 0.4) is 0 Å². The normalized spacial score (nSPS) is 11.5. The number of hydrogen-bond acceptors (Lipinski definition) is 6. The van der Waals surface area contributed by atoms with E-state index in [9.17, 15) is 0 Å². The van der Waals surface area contributed by atoms with Crippen molar-refractivity contribution in [3.63, 3.8) is 0 Å². The van der Waals surface area contributed by atoms with E-state index in [1.165, 1.54) is 0 Å². The second-order valence-corrected chi connectivity index (χ2v) is 19.8. The Labute approximate surface area is 461 Å². The highest BCUT2D eigenvalue weighted by molar-refractivity contribution is 6.20. The number of nitrogens with zero attached hydrogens (tertiary/aromatic N) is 8. The van der Waals surface area contributed by atoms with E-state index in [4.69, 9.17) is 29.9 Å². The Morgan fingerprint density at radius 2 is 0.487 bits per heavy atom. The summed E-state index contributed by atoms with van der Waals surface area (Å²) in [6.07, 6.45) is 0. The SMILES string of the molecule is c1ccc(-c2cccc(-c3nc(-c4ccccc4)nc(-n4c5ccccc5c5c(-c6ccccc6-c6cccc7c6c6ccccc6n7-c6nc(-c7ccccc7)nc(-c7cccc(-c8ccccc8)c7)n6)cccc54)n3)c2)cc1. The van der Waals surface area contributed by atoms with E-state index in [1.54, 1.807) is 0 Å². The van der Waals surface area contributed by atoms with E-state index >= 15 is 0 Å². The van der Waals surface area contributed by atoms with Gasteiger partial charge in [0.05, 0.1) is 22.1 Å². The van der Waals surface area contributed by atoms with Crippen LogP contribution in [0, 0.1) is 0 Å². The van der Waals surface area contributed by atoms with Gasteiger partial charge in [-0.25, -0.2) is 9.97 Å². The number of benzene rings is 11. The fraction of sp³-hybridized carbons (Fsp3) is 0. The Balaban J connectivity index is 0.917. The molecule has 8 nitrogen and oxygen atoms in total. The van der Waals surface area contributed by atoms with Crippen LogP contribution in [-0.2, 0) is 0 Å². The molecule has 15 aromatic rings. The van der Waals surface area contributed by atoms with E-state index in [0.717, 1.165) is 110 Å². The molecule has 0 radical (unpaired) electrons. The lowest BCUT2D eigenvalue weighted by Gasteiger charge is -2.14. The molecule has 0 N–H and O–H groups in total. The van der Waals surface area contributed by atoms with Gasteiger partial charge in [0.25, 0.3) is 0 Å². The molecule has 4 heterocycles. The molecule has 0 aliphatic heterocycles. The molecule has 80 heavy (non-hydrogen) atoms. The Morgan fingerprint density at radius 1 is 0.200 bits per heavy atom. The number of rotatable bonds is 10. The van der Waals surface area contributed by atoms with Crippen LogP contribution in [0.15, 0.2) is 279 Å². The summed E-state index contributed by atoms with van der Waals surface area (Å²) in [6.45, 7) is 0. The molecule has 0 fully saturated rings. The molecule has 0 saturated carbocycles. The second-order valence-electron chi connectivity index (χ2n) is 19.8. The van der Waals surface area contributed by atoms with Crippen molar-refractivity contribution in [1.29, 1.82) is 0 Å². The molecule has 0 unspecified atom stereocenters. The van der Waals surface area contributed by atoms with Gasteiger partial charge >= 0.3 is 0 Å². The van der Waals surface area contributed by atoms with Crippen LogP contribution in [-0.4, -0.2) is 39.0 Å². The third-order valence-corrected chi connectivity index (χ3v) is 15.1. The monoisotopic (exact) mass is 1020 g/mol. The third kappa shape index (κ3) is 8.10. The lowest BCUT2D eigenvalue weighted by molar-refractivity contribution is 0.953. The summed E-state index contributed by atoms with van der Waals surface area (Å²) in [7, 11) is 0. The lowest BCUT2D eigenvalue weighted by atomic mass is 9.90. The first kappa shape index (κ1) is 46.4. The summed E-state index contributed by atoms with van der Waals surface area (Å²) in [5.41, 5.74) is 16.4. The van der Waals surface area contributed by atoms with Crippen molar-refractivity contribution in [3.8, 4) is 102 Å². The molecule has 8 heteroatoms. The van der Waals surface area contributed by atoms with Gasteiger partial charge in [-0.3, -0.25) is 9.13 Å². The average Bonchev–Trinajstić information content (AvgIpc) is 4.29. The smallest absolute Gasteiger partial charge is 0.238 e. The van der Waals surface area contributed by atoms with E-state index in [0.29, 0.717) is 35.2 Å². The van der Waals surface area contributed by atoms with Gasteiger partial charge in [-0.2, -0.15) is 19.9 Å². The minimum Gasteiger partial charge on any atom is -0.278 e. The molecule has 0 spiro atoms. The Hall–Kier alpha value is -11.0. The summed E-state index contributed by atoms with van der Waals surface area (Å²) < 4.78 is 4.41. The molecule has 4 aromatic heterocycles. The van der Waals surface area contributed by atoms with E-state index in [2.05, 4.69) is 240 Å². The third-order valence-electron chi connectivity index (χ3n) is 15.1. The lowest BCUT2D eigenvalue weighted by Crippen LogP contribution is -2.06. The Bertz CT molecular complexity index is 4510. The highest BCUT2D eigenvalue weighted by Gasteiger charge is 2.24. The summed E-state index contributed by atoms with van der Waals surface area (Å²) in [5, 5.41) is 4.38. The van der Waals surface area contributed by atoms with Crippen molar-refractivity contribution in [2.45, 2.75) is 0 Å². The molecule has 0 atom stereocenters. The maximum Gasteiger partial charge on any atom is 0.238 e. The fourth-order valence-electron chi connectivity index (χ4n) is 11.4. The number of fused-ring (bicyclic) bond motifs is 6. The topological polar surface area (TPSA) is 87.2 Å². The molecule has 0 bridgehead atoms. The average molecular weight is 1020 g/mol. The Kier molecular flexibility index (Phi) is 11.3. The van der Waals surface area contributed by atoms with Gasteiger partial charge in [-0.15, -0.1) is 0 Å². The van der Waals surface area contributed by atoms with Crippen LogP contribution in [0.2, 0.25) is 0 Å². The molecule has 0 amide bonds. The van der Waals surface area contributed by atoms with Gasteiger partial charge in [-0.1, -0.05) is 243 Å². The fourth-order valence-corrected chi connectivity index (χ4v) is 11.4. The Morgan fingerprint density at radius 3 is 0.900 bits per heavy atom. The molecular formula is C72H46N8. The summed E-state index contributed by atoms with van der Waals surface area (Å²) >= 11 is 0. The van der Waals surface area contributed by atoms with Gasteiger partial charge in [0.15, 0.2) is 23.3 Å². The van der Waals surface area contributed by atoms with Gasteiger partial charge in [0.1, 0.15) is 0 Å². The standard InChI is InChI=1S/C72H46N8/c1-5-23-47(24-6-1)51-31-19-33-53(45-51)69-73-67(49-27-9-3-10-28-49)75-71(77-69)79-61-41-17-15-37-59(61)65-57(39-21-43-63(65)79)55-35-13-14-36-56(55)58-40-22-44-64-66(58)60-38-16-18-42-62(60)80(64)72-76-68(50-29-11-4-12-30-50)74-70(78-72)54-34-20-32-52(46-54)48-25-7-2-8-26-48/h1-46H. The summed E-state index contributed by atoms with van der Waals surface area (Å²) in [5.74, 6) is 3.44. The zero-order valence-corrected chi connectivity index (χ0v) is 43.1. The highest BCUT2D eigenvalue weighted by atomic mass is 15.2. The first-order valence-corrected chi connectivity index (χ1v) is 26.8. The van der Waals surface area contributed by atoms with Crippen molar-refractivity contribution in [3.05, 3.63) is 279 Å². The maximum atomic E-state index is 5.35. The minimum atomic E-state index is 0.536. The predicted molar refractivity (Wildman–Crippen MR) is 325 cm³/mol. The second kappa shape index (κ2) is 19.6. The molecule has 0 aliphatic rings. The minimum absolute atomic E-state index is 0.536. The highest BCUT2D eigenvalue weighted by Crippen LogP contribution is 2.45. The van der Waals surface area contributed by atoms with E-state index < -0.39 is 0 Å². The summed E-state index contributed by atoms with van der Waals surface area (Å²) in [4.78, 5) is 31.6. The van der Waals surface area contributed by atoms with Crippen molar-refractivity contribution < 1.29 is 0 Å². The molecular weight excluding hydrogens is 977 g/mol. The molecule has 11 aromatic carbocycles. The largest absolute Gasteiger partial charge is 0.278 e. The number of para-hydroxylation sites is 2. The first-order valence-electron chi connectivity index (χ1n) is 26.8. The van der Waals surface area contributed by atoms with Crippen molar-refractivity contribution in [2.75, 3.05) is 0 Å². The molecule has 0 aliphatic carbocycles. The molecule has 15 rings (SSSR count). The van der Waals surface area contributed by atoms with Crippen LogP contribution in [0.5, 0.6) is 0 Å². The van der Waals surface area contributed by atoms with Gasteiger partial charge in [0, 0.05) is 43.8 Å². The van der Waals surface area contributed by atoms with E-state index in [1.807, 2.05) is 48.5 Å². The van der Waals surface area contributed by atoms with Gasteiger partial charge < -0.3 is 0 Å². The van der Waals surface area contributed by atoms with Crippen molar-refractivity contribution >= 4 is 43.6 Å². The quantitative estimate of drug-likeness (QED) is 0.136. The molecule has 0 saturated heterocycles. The van der Waals surface area contributed by atoms with Crippen LogP contribution >= 0.6 is 0 Å². The van der Waals surface area contributed by atoms with Gasteiger partial charge in [-0.05, 0) is 80.9 Å². The van der Waals surface area contributed by atoms with Crippen molar-refractivity contribution in [2.24, 2.45) is 0 Å². The zero-order chi connectivity index (χ0) is 52.9. The van der Waals surface area contributed by atoms with E-state index in [-0.39, 0.29) is 0 Å². The van der Waals surface area contributed by atoms with Crippen LogP contribution in [0.1, 0.15) is 0 Å². The molecule has 374 valence electrons. The predicted octanol–water partition coefficient (Wildman–Crippen LogP) is 17.6. The number of aromatic nitrogens is 8. The zero-order valence-electron chi connectivity index (χ0n) is 43.1. The number of hydrogen-bond donors (Lipinski definition) is 0. The first-order chi connectivity index (χ1) is 39.7.